The van der Waals surface area contributed by atoms with Crippen LogP contribution in [0.4, 0.5) is 9.18 Å². The number of fused-ring (bicyclic) bond motifs is 1. The normalized spacial score (nSPS) is 14.8. The molecule has 0 saturated carbocycles. The summed E-state index contributed by atoms with van der Waals surface area (Å²) in [5, 5.41) is 12.0. The molecule has 2 N–H and O–H groups in total. The number of para-hydroxylation sites is 1. The number of carbonyl (C=O) groups is 2. The predicted molar refractivity (Wildman–Crippen MR) is 123 cm³/mol. The average molecular weight is 464 g/mol. The van der Waals surface area contributed by atoms with Crippen molar-refractivity contribution in [3.05, 3.63) is 94.8 Å². The van der Waals surface area contributed by atoms with E-state index in [1.807, 2.05) is 48.5 Å². The number of nitrogens with one attached hydrogen (secondary N) is 1. The molecule has 3 aromatic carbocycles. The molecule has 1 atom stereocenters. The molecule has 1 heterocycles. The van der Waals surface area contributed by atoms with Crippen LogP contribution in [0.5, 0.6) is 11.5 Å². The second-order valence-corrected chi connectivity index (χ2v) is 7.88. The Morgan fingerprint density at radius 1 is 1.06 bits per heavy atom. The van der Waals surface area contributed by atoms with E-state index in [-0.39, 0.29) is 18.3 Å². The van der Waals surface area contributed by atoms with E-state index in [9.17, 15) is 14.0 Å². The standard InChI is InChI=1S/C26H25FN2O5/c1-33-22-9-5-3-7-18(22)15-28-26(32)29-13-12-17-6-2-4-8-20(17)25(29)21-14-19(27)10-11-23(21)34-16-24(30)31/h2-11,14,25H,12-13,15-16H2,1H3,(H,28,32)(H,30,31). The first-order chi connectivity index (χ1) is 16.5. The molecule has 1 aliphatic rings. The number of urea groups is 1. The van der Waals surface area contributed by atoms with Crippen LogP contribution in [0.15, 0.2) is 66.7 Å². The molecule has 176 valence electrons. The third kappa shape index (κ3) is 4.96. The molecular formula is C26H25FN2O5. The van der Waals surface area contributed by atoms with Gasteiger partial charge in [-0.3, -0.25) is 0 Å². The van der Waals surface area contributed by atoms with Crippen LogP contribution in [-0.4, -0.2) is 42.3 Å². The number of hydrogen-bond donors (Lipinski definition) is 2. The molecule has 0 bridgehead atoms. The molecule has 0 radical (unpaired) electrons. The quantitative estimate of drug-likeness (QED) is 0.548. The summed E-state index contributed by atoms with van der Waals surface area (Å²) in [5.74, 6) is -0.772. The average Bonchev–Trinajstić information content (AvgIpc) is 2.85. The molecule has 0 aliphatic carbocycles. The maximum atomic E-state index is 14.4. The topological polar surface area (TPSA) is 88.1 Å². The number of carbonyl (C=O) groups excluding carboxylic acids is 1. The Morgan fingerprint density at radius 2 is 1.82 bits per heavy atom. The molecule has 3 aromatic rings. The van der Waals surface area contributed by atoms with E-state index < -0.39 is 24.4 Å². The summed E-state index contributed by atoms with van der Waals surface area (Å²) in [5.41, 5.74) is 3.09. The lowest BCUT2D eigenvalue weighted by atomic mass is 9.88. The minimum atomic E-state index is -1.15. The van der Waals surface area contributed by atoms with Gasteiger partial charge >= 0.3 is 12.0 Å². The molecule has 8 heteroatoms. The van der Waals surface area contributed by atoms with Gasteiger partial charge in [-0.1, -0.05) is 42.5 Å². The smallest absolute Gasteiger partial charge is 0.341 e. The highest BCUT2D eigenvalue weighted by molar-refractivity contribution is 5.76. The van der Waals surface area contributed by atoms with Gasteiger partial charge in [-0.15, -0.1) is 0 Å². The van der Waals surface area contributed by atoms with Gasteiger partial charge in [0.2, 0.25) is 0 Å². The fraction of sp³-hybridized carbons (Fsp3) is 0.231. The van der Waals surface area contributed by atoms with Crippen LogP contribution in [0.25, 0.3) is 0 Å². The lowest BCUT2D eigenvalue weighted by Crippen LogP contribution is -2.46. The second kappa shape index (κ2) is 10.2. The third-order valence-electron chi connectivity index (χ3n) is 5.78. The molecule has 4 rings (SSSR count). The van der Waals surface area contributed by atoms with E-state index in [0.29, 0.717) is 24.3 Å². The van der Waals surface area contributed by atoms with Crippen LogP contribution < -0.4 is 14.8 Å². The third-order valence-corrected chi connectivity index (χ3v) is 5.78. The molecule has 1 aliphatic heterocycles. The number of amides is 2. The largest absolute Gasteiger partial charge is 0.496 e. The Morgan fingerprint density at radius 3 is 2.62 bits per heavy atom. The molecular weight excluding hydrogens is 439 g/mol. The first-order valence-corrected chi connectivity index (χ1v) is 10.9. The van der Waals surface area contributed by atoms with Crippen molar-refractivity contribution in [1.82, 2.24) is 10.2 Å². The molecule has 0 saturated heterocycles. The van der Waals surface area contributed by atoms with E-state index >= 15 is 0 Å². The van der Waals surface area contributed by atoms with E-state index in [4.69, 9.17) is 14.6 Å². The molecule has 2 amide bonds. The van der Waals surface area contributed by atoms with Gasteiger partial charge in [0.15, 0.2) is 6.61 Å². The Balaban J connectivity index is 1.68. The fourth-order valence-electron chi connectivity index (χ4n) is 4.25. The van der Waals surface area contributed by atoms with E-state index in [1.165, 1.54) is 18.2 Å². The Bertz CT molecular complexity index is 1200. The number of benzene rings is 3. The van der Waals surface area contributed by atoms with Crippen molar-refractivity contribution in [2.75, 3.05) is 20.3 Å². The molecule has 1 unspecified atom stereocenters. The Hall–Kier alpha value is -4.07. The molecule has 0 spiro atoms. The molecule has 0 aromatic heterocycles. The lowest BCUT2D eigenvalue weighted by Gasteiger charge is -2.38. The van der Waals surface area contributed by atoms with E-state index in [1.54, 1.807) is 12.0 Å². The minimum absolute atomic E-state index is 0.216. The number of hydrogen-bond acceptors (Lipinski definition) is 4. The first-order valence-electron chi connectivity index (χ1n) is 10.9. The number of rotatable bonds is 7. The highest BCUT2D eigenvalue weighted by Crippen LogP contribution is 2.39. The molecule has 7 nitrogen and oxygen atoms in total. The number of carboxylic acid groups (broad SMARTS) is 1. The summed E-state index contributed by atoms with van der Waals surface area (Å²) >= 11 is 0. The van der Waals surface area contributed by atoms with Gasteiger partial charge in [0.1, 0.15) is 17.3 Å². The van der Waals surface area contributed by atoms with Crippen molar-refractivity contribution in [3.63, 3.8) is 0 Å². The monoisotopic (exact) mass is 464 g/mol. The van der Waals surface area contributed by atoms with Crippen molar-refractivity contribution in [3.8, 4) is 11.5 Å². The lowest BCUT2D eigenvalue weighted by molar-refractivity contribution is -0.139. The fourth-order valence-corrected chi connectivity index (χ4v) is 4.25. The van der Waals surface area contributed by atoms with Gasteiger partial charge < -0.3 is 24.8 Å². The van der Waals surface area contributed by atoms with Crippen LogP contribution in [0.1, 0.15) is 28.3 Å². The highest BCUT2D eigenvalue weighted by atomic mass is 19.1. The summed E-state index contributed by atoms with van der Waals surface area (Å²) < 4.78 is 25.2. The van der Waals surface area contributed by atoms with Gasteiger partial charge in [-0.25, -0.2) is 14.0 Å². The number of halogens is 1. The van der Waals surface area contributed by atoms with Crippen molar-refractivity contribution in [2.45, 2.75) is 19.0 Å². The van der Waals surface area contributed by atoms with Crippen LogP contribution in [0.3, 0.4) is 0 Å². The second-order valence-electron chi connectivity index (χ2n) is 7.88. The SMILES string of the molecule is COc1ccccc1CNC(=O)N1CCc2ccccc2C1c1cc(F)ccc1OCC(=O)O. The number of ether oxygens (including phenoxy) is 2. The summed E-state index contributed by atoms with van der Waals surface area (Å²) in [6.07, 6.45) is 0.634. The Kier molecular flexibility index (Phi) is 6.96. The van der Waals surface area contributed by atoms with Gasteiger partial charge in [0, 0.05) is 24.2 Å². The Labute approximate surface area is 196 Å². The summed E-state index contributed by atoms with van der Waals surface area (Å²) in [7, 11) is 1.57. The molecule has 34 heavy (non-hydrogen) atoms. The zero-order valence-electron chi connectivity index (χ0n) is 18.7. The van der Waals surface area contributed by atoms with Crippen molar-refractivity contribution in [1.29, 1.82) is 0 Å². The maximum Gasteiger partial charge on any atom is 0.341 e. The number of aliphatic carboxylic acids is 1. The van der Waals surface area contributed by atoms with Crippen molar-refractivity contribution in [2.24, 2.45) is 0 Å². The number of carboxylic acids is 1. The van der Waals surface area contributed by atoms with Crippen LogP contribution in [-0.2, 0) is 17.8 Å². The zero-order valence-corrected chi connectivity index (χ0v) is 18.7. The van der Waals surface area contributed by atoms with Gasteiger partial charge in [0.05, 0.1) is 13.2 Å². The maximum absolute atomic E-state index is 14.4. The molecule has 0 fully saturated rings. The summed E-state index contributed by atoms with van der Waals surface area (Å²) in [6, 6.07) is 18.0. The summed E-state index contributed by atoms with van der Waals surface area (Å²) in [4.78, 5) is 26.1. The van der Waals surface area contributed by atoms with Gasteiger partial charge in [-0.05, 0) is 41.8 Å². The first kappa shape index (κ1) is 23.1. The van der Waals surface area contributed by atoms with Gasteiger partial charge in [0.25, 0.3) is 0 Å². The number of methoxy groups -OCH3 is 1. The zero-order chi connectivity index (χ0) is 24.1. The van der Waals surface area contributed by atoms with Crippen molar-refractivity contribution >= 4 is 12.0 Å². The summed E-state index contributed by atoms with van der Waals surface area (Å²) in [6.45, 7) is 0.0700. The predicted octanol–water partition coefficient (Wildman–Crippen LogP) is 4.16. The van der Waals surface area contributed by atoms with Gasteiger partial charge in [-0.2, -0.15) is 0 Å². The van der Waals surface area contributed by atoms with E-state index in [2.05, 4.69) is 5.32 Å². The van der Waals surface area contributed by atoms with Crippen LogP contribution in [0, 0.1) is 5.82 Å². The van der Waals surface area contributed by atoms with Crippen LogP contribution in [0.2, 0.25) is 0 Å². The van der Waals surface area contributed by atoms with E-state index in [0.717, 1.165) is 16.7 Å². The highest BCUT2D eigenvalue weighted by Gasteiger charge is 2.34. The minimum Gasteiger partial charge on any atom is -0.496 e. The van der Waals surface area contributed by atoms with Crippen molar-refractivity contribution < 1.29 is 28.6 Å². The number of nitrogens with zero attached hydrogens (tertiary/aromatic N) is 1. The van der Waals surface area contributed by atoms with Crippen LogP contribution >= 0.6 is 0 Å².